The maximum Gasteiger partial charge on any atom is 0.288 e. The second kappa shape index (κ2) is 6.73. The van der Waals surface area contributed by atoms with Gasteiger partial charge in [-0.1, -0.05) is 17.7 Å². The highest BCUT2D eigenvalue weighted by atomic mass is 32.1. The summed E-state index contributed by atoms with van der Waals surface area (Å²) in [5, 5.41) is 4.52. The van der Waals surface area contributed by atoms with Gasteiger partial charge in [-0.2, -0.15) is 0 Å². The van der Waals surface area contributed by atoms with Crippen molar-refractivity contribution in [2.24, 2.45) is 0 Å². The standard InChI is InChI=1S/C16H21N3O2S/c1-12-3-5-13(6-4-12)15-17-19(16(22)21-15)11-18-9-7-14(20-2)8-10-18/h3-6,14H,7-11H2,1-2H3. The van der Waals surface area contributed by atoms with Crippen molar-refractivity contribution in [3.05, 3.63) is 34.7 Å². The lowest BCUT2D eigenvalue weighted by molar-refractivity contribution is 0.0299. The molecule has 0 N–H and O–H groups in total. The summed E-state index contributed by atoms with van der Waals surface area (Å²) >= 11 is 5.30. The van der Waals surface area contributed by atoms with Gasteiger partial charge in [0, 0.05) is 25.8 Å². The second-order valence-electron chi connectivity index (χ2n) is 5.73. The summed E-state index contributed by atoms with van der Waals surface area (Å²) in [6, 6.07) is 8.10. The van der Waals surface area contributed by atoms with Gasteiger partial charge in [0.1, 0.15) is 0 Å². The molecule has 2 heterocycles. The number of piperidine rings is 1. The van der Waals surface area contributed by atoms with Gasteiger partial charge in [-0.3, -0.25) is 4.90 Å². The number of aromatic nitrogens is 2. The maximum absolute atomic E-state index is 5.64. The number of ether oxygens (including phenoxy) is 1. The van der Waals surface area contributed by atoms with Gasteiger partial charge in [0.25, 0.3) is 4.84 Å². The summed E-state index contributed by atoms with van der Waals surface area (Å²) in [6.07, 6.45) is 2.48. The molecule has 0 amide bonds. The van der Waals surface area contributed by atoms with Crippen LogP contribution in [-0.2, 0) is 11.4 Å². The molecule has 1 saturated heterocycles. The highest BCUT2D eigenvalue weighted by molar-refractivity contribution is 7.71. The van der Waals surface area contributed by atoms with Crippen molar-refractivity contribution >= 4 is 12.2 Å². The van der Waals surface area contributed by atoms with E-state index in [1.807, 2.05) is 24.3 Å². The molecule has 0 atom stereocenters. The molecular formula is C16H21N3O2S. The number of benzene rings is 1. The molecule has 0 radical (unpaired) electrons. The molecule has 0 saturated carbocycles. The van der Waals surface area contributed by atoms with E-state index < -0.39 is 0 Å². The van der Waals surface area contributed by atoms with Crippen LogP contribution in [0.3, 0.4) is 0 Å². The molecule has 0 unspecified atom stereocenters. The molecule has 3 rings (SSSR count). The van der Waals surface area contributed by atoms with E-state index in [0.29, 0.717) is 23.5 Å². The van der Waals surface area contributed by atoms with E-state index in [4.69, 9.17) is 21.4 Å². The predicted molar refractivity (Wildman–Crippen MR) is 87.1 cm³/mol. The molecule has 118 valence electrons. The highest BCUT2D eigenvalue weighted by Crippen LogP contribution is 2.19. The topological polar surface area (TPSA) is 43.4 Å². The Kier molecular flexibility index (Phi) is 4.71. The van der Waals surface area contributed by atoms with Crippen molar-refractivity contribution < 1.29 is 9.15 Å². The second-order valence-corrected chi connectivity index (χ2v) is 6.08. The predicted octanol–water partition coefficient (Wildman–Crippen LogP) is 3.25. The number of rotatable bonds is 4. The molecule has 22 heavy (non-hydrogen) atoms. The Morgan fingerprint density at radius 3 is 2.59 bits per heavy atom. The van der Waals surface area contributed by atoms with E-state index in [1.165, 1.54) is 5.56 Å². The Morgan fingerprint density at radius 2 is 1.95 bits per heavy atom. The largest absolute Gasteiger partial charge is 0.409 e. The zero-order valence-corrected chi connectivity index (χ0v) is 13.8. The lowest BCUT2D eigenvalue weighted by Gasteiger charge is -2.30. The van der Waals surface area contributed by atoms with Gasteiger partial charge in [0.05, 0.1) is 12.8 Å². The Balaban J connectivity index is 1.70. The normalized spacial score (nSPS) is 17.0. The van der Waals surface area contributed by atoms with E-state index in [9.17, 15) is 0 Å². The molecule has 0 spiro atoms. The number of hydrogen-bond donors (Lipinski definition) is 0. The molecule has 6 heteroatoms. The number of aryl methyl sites for hydroxylation is 1. The summed E-state index contributed by atoms with van der Waals surface area (Å²) in [5.41, 5.74) is 2.16. The molecule has 0 aliphatic carbocycles. The summed E-state index contributed by atoms with van der Waals surface area (Å²) in [4.78, 5) is 2.75. The van der Waals surface area contributed by atoms with Crippen molar-refractivity contribution in [3.8, 4) is 11.5 Å². The van der Waals surface area contributed by atoms with Gasteiger partial charge in [0.2, 0.25) is 5.89 Å². The van der Waals surface area contributed by atoms with Crippen LogP contribution < -0.4 is 0 Å². The number of methoxy groups -OCH3 is 1. The highest BCUT2D eigenvalue weighted by Gasteiger charge is 2.19. The third-order valence-electron chi connectivity index (χ3n) is 4.11. The van der Waals surface area contributed by atoms with Gasteiger partial charge in [0.15, 0.2) is 0 Å². The van der Waals surface area contributed by atoms with Crippen LogP contribution in [0.2, 0.25) is 0 Å². The van der Waals surface area contributed by atoms with Gasteiger partial charge in [-0.25, -0.2) is 4.68 Å². The summed E-state index contributed by atoms with van der Waals surface area (Å²) in [7, 11) is 1.78. The number of hydrogen-bond acceptors (Lipinski definition) is 5. The quantitative estimate of drug-likeness (QED) is 0.809. The first-order valence-electron chi connectivity index (χ1n) is 7.56. The Morgan fingerprint density at radius 1 is 1.27 bits per heavy atom. The minimum absolute atomic E-state index is 0.379. The van der Waals surface area contributed by atoms with E-state index in [0.717, 1.165) is 31.5 Å². The van der Waals surface area contributed by atoms with Crippen LogP contribution in [0, 0.1) is 11.8 Å². The Hall–Kier alpha value is -1.50. The molecule has 1 aromatic carbocycles. The number of nitrogens with zero attached hydrogens (tertiary/aromatic N) is 3. The minimum Gasteiger partial charge on any atom is -0.409 e. The molecule has 1 aliphatic rings. The first-order chi connectivity index (χ1) is 10.7. The van der Waals surface area contributed by atoms with Crippen LogP contribution >= 0.6 is 12.2 Å². The van der Waals surface area contributed by atoms with Gasteiger partial charge < -0.3 is 9.15 Å². The average molecular weight is 319 g/mol. The van der Waals surface area contributed by atoms with Crippen LogP contribution in [0.5, 0.6) is 0 Å². The molecule has 2 aromatic rings. The third kappa shape index (κ3) is 3.45. The molecular weight excluding hydrogens is 298 g/mol. The zero-order valence-electron chi connectivity index (χ0n) is 13.0. The van der Waals surface area contributed by atoms with Crippen LogP contribution in [0.15, 0.2) is 28.7 Å². The molecule has 5 nitrogen and oxygen atoms in total. The lowest BCUT2D eigenvalue weighted by Crippen LogP contribution is -2.37. The van der Waals surface area contributed by atoms with Gasteiger partial charge >= 0.3 is 0 Å². The van der Waals surface area contributed by atoms with Crippen molar-refractivity contribution in [2.75, 3.05) is 20.2 Å². The van der Waals surface area contributed by atoms with Crippen LogP contribution in [-0.4, -0.2) is 41.0 Å². The smallest absolute Gasteiger partial charge is 0.288 e. The summed E-state index contributed by atoms with van der Waals surface area (Å²) in [5.74, 6) is 0.580. The van der Waals surface area contributed by atoms with E-state index in [-0.39, 0.29) is 0 Å². The van der Waals surface area contributed by atoms with Gasteiger partial charge in [-0.05, 0) is 44.1 Å². The zero-order chi connectivity index (χ0) is 15.5. The SMILES string of the molecule is COC1CCN(Cn2nc(-c3ccc(C)cc3)oc2=S)CC1. The lowest BCUT2D eigenvalue weighted by atomic mass is 10.1. The van der Waals surface area contributed by atoms with Crippen LogP contribution in [0.4, 0.5) is 0 Å². The minimum atomic E-state index is 0.379. The monoisotopic (exact) mass is 319 g/mol. The van der Waals surface area contributed by atoms with Crippen molar-refractivity contribution in [2.45, 2.75) is 32.5 Å². The summed E-state index contributed by atoms with van der Waals surface area (Å²) < 4.78 is 12.8. The third-order valence-corrected chi connectivity index (χ3v) is 4.40. The molecule has 1 aliphatic heterocycles. The number of likely N-dealkylation sites (tertiary alicyclic amines) is 1. The maximum atomic E-state index is 5.64. The molecule has 1 aromatic heterocycles. The first-order valence-corrected chi connectivity index (χ1v) is 7.96. The first kappa shape index (κ1) is 15.4. The van der Waals surface area contributed by atoms with Crippen LogP contribution in [0.1, 0.15) is 18.4 Å². The average Bonchev–Trinajstić information content (AvgIpc) is 2.90. The van der Waals surface area contributed by atoms with E-state index >= 15 is 0 Å². The Bertz CT molecular complexity index is 669. The Labute approximate surface area is 135 Å². The fraction of sp³-hybridized carbons (Fsp3) is 0.500. The fourth-order valence-electron chi connectivity index (χ4n) is 2.68. The van der Waals surface area contributed by atoms with Gasteiger partial charge in [-0.15, -0.1) is 5.10 Å². The van der Waals surface area contributed by atoms with Crippen molar-refractivity contribution in [1.29, 1.82) is 0 Å². The van der Waals surface area contributed by atoms with E-state index in [1.54, 1.807) is 11.8 Å². The van der Waals surface area contributed by atoms with Crippen molar-refractivity contribution in [1.82, 2.24) is 14.7 Å². The molecule has 1 fully saturated rings. The van der Waals surface area contributed by atoms with E-state index in [2.05, 4.69) is 16.9 Å². The molecule has 0 bridgehead atoms. The van der Waals surface area contributed by atoms with Crippen LogP contribution in [0.25, 0.3) is 11.5 Å². The summed E-state index contributed by atoms with van der Waals surface area (Å²) in [6.45, 7) is 4.71. The van der Waals surface area contributed by atoms with Crippen molar-refractivity contribution in [3.63, 3.8) is 0 Å². The fourth-order valence-corrected chi connectivity index (χ4v) is 2.86.